The van der Waals surface area contributed by atoms with Crippen molar-refractivity contribution >= 4 is 51.3 Å². The summed E-state index contributed by atoms with van der Waals surface area (Å²) in [4.78, 5) is 8.77. The zero-order valence-electron chi connectivity index (χ0n) is 20.1. The summed E-state index contributed by atoms with van der Waals surface area (Å²) >= 11 is 8.35. The molecule has 4 aromatic rings. The maximum atomic E-state index is 14.2. The van der Waals surface area contributed by atoms with Crippen molar-refractivity contribution in [3.05, 3.63) is 75.5 Å². The zero-order valence-corrected chi connectivity index (χ0v) is 22.4. The number of thioether (sulfide) groups is 1. The third-order valence-corrected chi connectivity index (χ3v) is 7.42. The first-order valence-corrected chi connectivity index (χ1v) is 13.5. The number of rotatable bonds is 10. The molecule has 0 saturated carbocycles. The molecule has 4 rings (SSSR count). The van der Waals surface area contributed by atoms with Crippen LogP contribution in [0.15, 0.2) is 52.9 Å². The van der Waals surface area contributed by atoms with Crippen LogP contribution in [0.2, 0.25) is 5.02 Å². The van der Waals surface area contributed by atoms with Crippen LogP contribution in [0.4, 0.5) is 21.0 Å². The second-order valence-corrected chi connectivity index (χ2v) is 10.2. The maximum absolute atomic E-state index is 14.2. The number of hydrogen-bond acceptors (Lipinski definition) is 11. The van der Waals surface area contributed by atoms with Gasteiger partial charge in [0.25, 0.3) is 0 Å². The number of thiazole rings is 1. The fraction of sp³-hybridized carbons (Fsp3) is 0.154. The van der Waals surface area contributed by atoms with Crippen LogP contribution >= 0.6 is 34.7 Å². The minimum atomic E-state index is -1.01. The molecule has 2 heterocycles. The Labute approximate surface area is 236 Å². The third kappa shape index (κ3) is 6.57. The first-order valence-electron chi connectivity index (χ1n) is 11.3. The monoisotopic (exact) mass is 582 g/mol. The van der Waals surface area contributed by atoms with Crippen LogP contribution in [0.5, 0.6) is 5.75 Å². The SMILES string of the molecule is N#Cc1c(N)nc(SCc2csc(Nc3cccc(Cl)c3F)n2)c(C#N)c1-c1ccc(OC[C@@H](O)CO)cc1. The normalized spacial score (nSPS) is 11.4. The predicted octanol–water partition coefficient (Wildman–Crippen LogP) is 5.09. The van der Waals surface area contributed by atoms with Crippen LogP contribution in [0.25, 0.3) is 11.1 Å². The number of pyridine rings is 1. The van der Waals surface area contributed by atoms with Gasteiger partial charge >= 0.3 is 0 Å². The molecule has 13 heteroatoms. The molecule has 2 aromatic heterocycles. The molecule has 0 bridgehead atoms. The number of nitrogen functional groups attached to an aromatic ring is 1. The summed E-state index contributed by atoms with van der Waals surface area (Å²) in [5, 5.41) is 43.7. The van der Waals surface area contributed by atoms with Gasteiger partial charge in [-0.1, -0.05) is 41.6 Å². The summed E-state index contributed by atoms with van der Waals surface area (Å²) in [7, 11) is 0. The van der Waals surface area contributed by atoms with Gasteiger partial charge in [0.1, 0.15) is 47.0 Å². The molecule has 0 aliphatic rings. The van der Waals surface area contributed by atoms with Crippen molar-refractivity contribution in [1.29, 1.82) is 10.5 Å². The molecule has 0 fully saturated rings. The van der Waals surface area contributed by atoms with Crippen molar-refractivity contribution in [3.8, 4) is 29.0 Å². The molecule has 0 spiro atoms. The molecule has 0 aliphatic carbocycles. The lowest BCUT2D eigenvalue weighted by atomic mass is 9.97. The maximum Gasteiger partial charge on any atom is 0.187 e. The fourth-order valence-electron chi connectivity index (χ4n) is 3.44. The molecule has 0 unspecified atom stereocenters. The number of hydrogen-bond donors (Lipinski definition) is 4. The van der Waals surface area contributed by atoms with Crippen molar-refractivity contribution in [2.45, 2.75) is 16.9 Å². The van der Waals surface area contributed by atoms with Crippen molar-refractivity contribution < 1.29 is 19.3 Å². The number of benzene rings is 2. The lowest BCUT2D eigenvalue weighted by molar-refractivity contribution is 0.0536. The number of nitrogens with one attached hydrogen (secondary N) is 1. The molecule has 0 radical (unpaired) electrons. The predicted molar refractivity (Wildman–Crippen MR) is 148 cm³/mol. The Balaban J connectivity index is 1.56. The Morgan fingerprint density at radius 1 is 1.15 bits per heavy atom. The molecule has 0 amide bonds. The van der Waals surface area contributed by atoms with E-state index in [-0.39, 0.29) is 34.3 Å². The van der Waals surface area contributed by atoms with Crippen LogP contribution in [0.1, 0.15) is 16.8 Å². The number of anilines is 3. The minimum Gasteiger partial charge on any atom is -0.491 e. The van der Waals surface area contributed by atoms with Gasteiger partial charge in [0.2, 0.25) is 0 Å². The first-order chi connectivity index (χ1) is 18.8. The van der Waals surface area contributed by atoms with Gasteiger partial charge in [0.15, 0.2) is 10.9 Å². The average molecular weight is 583 g/mol. The average Bonchev–Trinajstić information content (AvgIpc) is 3.40. The number of nitrogens with two attached hydrogens (primary N) is 1. The van der Waals surface area contributed by atoms with Gasteiger partial charge in [0, 0.05) is 16.7 Å². The van der Waals surface area contributed by atoms with E-state index in [2.05, 4.69) is 21.4 Å². The fourth-order valence-corrected chi connectivity index (χ4v) is 5.33. The Hall–Kier alpha value is -3.91. The number of aliphatic hydroxyl groups excluding tert-OH is 2. The second kappa shape index (κ2) is 12.8. The van der Waals surface area contributed by atoms with Crippen LogP contribution in [0.3, 0.4) is 0 Å². The Kier molecular flexibility index (Phi) is 9.19. The molecular formula is C26H20ClFN6O3S2. The first kappa shape index (κ1) is 28.1. The van der Waals surface area contributed by atoms with Crippen molar-refractivity contribution in [3.63, 3.8) is 0 Å². The zero-order chi connectivity index (χ0) is 27.9. The molecular weight excluding hydrogens is 563 g/mol. The second-order valence-electron chi connectivity index (χ2n) is 7.98. The summed E-state index contributed by atoms with van der Waals surface area (Å²) in [6.45, 7) is -0.515. The van der Waals surface area contributed by atoms with E-state index in [0.29, 0.717) is 38.5 Å². The molecule has 39 heavy (non-hydrogen) atoms. The molecule has 9 nitrogen and oxygen atoms in total. The van der Waals surface area contributed by atoms with Gasteiger partial charge in [-0.3, -0.25) is 0 Å². The van der Waals surface area contributed by atoms with Gasteiger partial charge in [-0.05, 0) is 29.8 Å². The lowest BCUT2D eigenvalue weighted by Crippen LogP contribution is -2.21. The number of aliphatic hydroxyl groups is 2. The molecule has 0 saturated heterocycles. The van der Waals surface area contributed by atoms with Crippen LogP contribution in [-0.4, -0.2) is 39.5 Å². The molecule has 1 atom stereocenters. The van der Waals surface area contributed by atoms with Gasteiger partial charge in [0.05, 0.1) is 28.6 Å². The van der Waals surface area contributed by atoms with E-state index < -0.39 is 18.5 Å². The van der Waals surface area contributed by atoms with Crippen molar-refractivity contribution in [2.24, 2.45) is 0 Å². The van der Waals surface area contributed by atoms with E-state index in [1.807, 2.05) is 6.07 Å². The number of nitrogens with zero attached hydrogens (tertiary/aromatic N) is 4. The summed E-state index contributed by atoms with van der Waals surface area (Å²) in [6.07, 6.45) is -1.01. The standard InChI is InChI=1S/C26H20ClFN6O3S2/c27-20-2-1-3-21(23(20)28)33-26-32-15(13-39-26)12-38-25-19(9-30)22(18(8-29)24(31)34-25)14-4-6-17(7-5-14)37-11-16(36)10-35/h1-7,13,16,35-36H,10-12H2,(H2,31,34)(H,32,33)/t16-/m0/s1. The lowest BCUT2D eigenvalue weighted by Gasteiger charge is -2.14. The van der Waals surface area contributed by atoms with Gasteiger partial charge in [-0.2, -0.15) is 10.5 Å². The van der Waals surface area contributed by atoms with Gasteiger partial charge < -0.3 is 26.0 Å². The van der Waals surface area contributed by atoms with E-state index in [9.17, 15) is 20.0 Å². The highest BCUT2D eigenvalue weighted by molar-refractivity contribution is 7.98. The van der Waals surface area contributed by atoms with E-state index in [0.717, 1.165) is 0 Å². The quantitative estimate of drug-likeness (QED) is 0.185. The minimum absolute atomic E-state index is 0.000636. The Bertz CT molecular complexity index is 1570. The van der Waals surface area contributed by atoms with Crippen molar-refractivity contribution in [2.75, 3.05) is 24.3 Å². The number of ether oxygens (including phenoxy) is 1. The highest BCUT2D eigenvalue weighted by atomic mass is 35.5. The summed E-state index contributed by atoms with van der Waals surface area (Å²) in [6, 6.07) is 15.4. The Morgan fingerprint density at radius 3 is 2.59 bits per heavy atom. The highest BCUT2D eigenvalue weighted by Gasteiger charge is 2.21. The molecule has 198 valence electrons. The number of halogens is 2. The van der Waals surface area contributed by atoms with E-state index in [1.54, 1.807) is 41.8 Å². The molecule has 5 N–H and O–H groups in total. The summed E-state index contributed by atoms with van der Waals surface area (Å²) < 4.78 is 19.6. The molecule has 2 aromatic carbocycles. The smallest absolute Gasteiger partial charge is 0.187 e. The molecule has 0 aliphatic heterocycles. The van der Waals surface area contributed by atoms with E-state index >= 15 is 0 Å². The van der Waals surface area contributed by atoms with E-state index in [4.69, 9.17) is 27.2 Å². The Morgan fingerprint density at radius 2 is 1.90 bits per heavy atom. The topological polar surface area (TPSA) is 161 Å². The van der Waals surface area contributed by atoms with E-state index in [1.165, 1.54) is 29.2 Å². The summed E-state index contributed by atoms with van der Waals surface area (Å²) in [5.41, 5.74) is 8.12. The number of aromatic nitrogens is 2. The van der Waals surface area contributed by atoms with Crippen LogP contribution < -0.4 is 15.8 Å². The van der Waals surface area contributed by atoms with Gasteiger partial charge in [-0.15, -0.1) is 11.3 Å². The van der Waals surface area contributed by atoms with Crippen molar-refractivity contribution in [1.82, 2.24) is 9.97 Å². The summed E-state index contributed by atoms with van der Waals surface area (Å²) in [5.74, 6) is 0.182. The largest absolute Gasteiger partial charge is 0.491 e. The van der Waals surface area contributed by atoms with Gasteiger partial charge in [-0.25, -0.2) is 14.4 Å². The number of nitriles is 2. The third-order valence-electron chi connectivity index (χ3n) is 5.31. The van der Waals surface area contributed by atoms with Crippen LogP contribution in [0, 0.1) is 28.5 Å². The highest BCUT2D eigenvalue weighted by Crippen LogP contribution is 2.37. The van der Waals surface area contributed by atoms with Crippen LogP contribution in [-0.2, 0) is 5.75 Å².